The molecule has 4 aromatic rings. The van der Waals surface area contributed by atoms with E-state index in [0.717, 1.165) is 37.4 Å². The maximum atomic E-state index is 14.8. The zero-order valence-electron chi connectivity index (χ0n) is 19.7. The Hall–Kier alpha value is -3.56. The Morgan fingerprint density at radius 3 is 2.65 bits per heavy atom. The van der Waals surface area contributed by atoms with Crippen molar-refractivity contribution < 1.29 is 18.4 Å². The number of fused-ring (bicyclic) bond motifs is 1. The van der Waals surface area contributed by atoms with Crippen molar-refractivity contribution in [2.24, 2.45) is 0 Å². The lowest BCUT2D eigenvalue weighted by Crippen LogP contribution is -2.24. The summed E-state index contributed by atoms with van der Waals surface area (Å²) in [7, 11) is 1.45. The minimum atomic E-state index is -0.446. The minimum Gasteiger partial charge on any atom is -0.481 e. The summed E-state index contributed by atoms with van der Waals surface area (Å²) in [5.41, 5.74) is 2.05. The van der Waals surface area contributed by atoms with E-state index in [1.807, 2.05) is 6.92 Å². The molecule has 1 fully saturated rings. The number of halogens is 1. The van der Waals surface area contributed by atoms with Crippen molar-refractivity contribution in [2.45, 2.75) is 64.4 Å². The van der Waals surface area contributed by atoms with Crippen molar-refractivity contribution in [3.05, 3.63) is 47.8 Å². The van der Waals surface area contributed by atoms with E-state index < -0.39 is 5.82 Å². The standard InChI is InChI=1S/C24H27FN6O3/c1-13(2)22-28-24(34-30-22)15-5-7-16(8-6-15)33-20-9-10-26-23-21(14(3)29-31(20)23)17-12-27-19(32-4)11-18(17)25/h9-13,15-16H,5-8H2,1-4H3. The lowest BCUT2D eigenvalue weighted by atomic mass is 9.87. The molecule has 4 aromatic heterocycles. The average Bonchev–Trinajstić information content (AvgIpc) is 3.45. The molecule has 34 heavy (non-hydrogen) atoms. The second-order valence-corrected chi connectivity index (χ2v) is 8.92. The molecule has 178 valence electrons. The Morgan fingerprint density at radius 1 is 1.18 bits per heavy atom. The molecule has 1 aliphatic carbocycles. The zero-order chi connectivity index (χ0) is 23.8. The number of ether oxygens (including phenoxy) is 2. The highest BCUT2D eigenvalue weighted by molar-refractivity contribution is 5.80. The number of hydrogen-bond donors (Lipinski definition) is 0. The minimum absolute atomic E-state index is 0.0293. The summed E-state index contributed by atoms with van der Waals surface area (Å²) < 4.78 is 33.2. The fraction of sp³-hybridized carbons (Fsp3) is 0.458. The Morgan fingerprint density at radius 2 is 1.97 bits per heavy atom. The fourth-order valence-electron chi connectivity index (χ4n) is 4.39. The molecule has 0 bridgehead atoms. The Bertz CT molecular complexity index is 1310. The van der Waals surface area contributed by atoms with Crippen molar-refractivity contribution in [3.8, 4) is 22.9 Å². The smallest absolute Gasteiger partial charge is 0.229 e. The molecule has 0 N–H and O–H groups in total. The van der Waals surface area contributed by atoms with Crippen molar-refractivity contribution in [1.29, 1.82) is 0 Å². The Balaban J connectivity index is 1.35. The number of pyridine rings is 1. The molecule has 0 aromatic carbocycles. The lowest BCUT2D eigenvalue weighted by molar-refractivity contribution is 0.130. The second-order valence-electron chi connectivity index (χ2n) is 8.92. The molecule has 1 aliphatic rings. The van der Waals surface area contributed by atoms with Gasteiger partial charge in [-0.1, -0.05) is 19.0 Å². The summed E-state index contributed by atoms with van der Waals surface area (Å²) in [5, 5.41) is 8.68. The summed E-state index contributed by atoms with van der Waals surface area (Å²) in [6, 6.07) is 3.04. The van der Waals surface area contributed by atoms with E-state index in [-0.39, 0.29) is 23.8 Å². The van der Waals surface area contributed by atoms with Crippen LogP contribution in [0.25, 0.3) is 16.8 Å². The van der Waals surface area contributed by atoms with Crippen molar-refractivity contribution in [1.82, 2.24) is 29.7 Å². The van der Waals surface area contributed by atoms with E-state index >= 15 is 0 Å². The van der Waals surface area contributed by atoms with Gasteiger partial charge in [0.2, 0.25) is 17.7 Å². The van der Waals surface area contributed by atoms with Crippen LogP contribution < -0.4 is 9.47 Å². The van der Waals surface area contributed by atoms with Crippen LogP contribution in [0.2, 0.25) is 0 Å². The number of aromatic nitrogens is 6. The molecule has 1 saturated carbocycles. The van der Waals surface area contributed by atoms with Gasteiger partial charge in [0.25, 0.3) is 0 Å². The number of hydrogen-bond acceptors (Lipinski definition) is 8. The highest BCUT2D eigenvalue weighted by Gasteiger charge is 2.29. The van der Waals surface area contributed by atoms with Crippen LogP contribution in [0.5, 0.6) is 11.8 Å². The Labute approximate surface area is 196 Å². The van der Waals surface area contributed by atoms with Gasteiger partial charge in [0.15, 0.2) is 11.5 Å². The first-order chi connectivity index (χ1) is 16.4. The van der Waals surface area contributed by atoms with E-state index in [0.29, 0.717) is 28.3 Å². The van der Waals surface area contributed by atoms with Crippen LogP contribution in [0.15, 0.2) is 29.0 Å². The zero-order valence-corrected chi connectivity index (χ0v) is 19.7. The second kappa shape index (κ2) is 9.00. The SMILES string of the molecule is COc1cc(F)c(-c2c(C)nn3c(OC4CCC(c5nc(C(C)C)no5)CC4)ccnc23)cn1. The summed E-state index contributed by atoms with van der Waals surface area (Å²) >= 11 is 0. The van der Waals surface area contributed by atoms with Crippen LogP contribution in [0.4, 0.5) is 4.39 Å². The molecule has 9 nitrogen and oxygen atoms in total. The third kappa shape index (κ3) is 4.08. The first-order valence-corrected chi connectivity index (χ1v) is 11.5. The summed E-state index contributed by atoms with van der Waals surface area (Å²) in [6.45, 7) is 5.92. The van der Waals surface area contributed by atoms with Crippen molar-refractivity contribution in [2.75, 3.05) is 7.11 Å². The normalized spacial score (nSPS) is 18.5. The van der Waals surface area contributed by atoms with E-state index in [1.165, 1.54) is 19.4 Å². The largest absolute Gasteiger partial charge is 0.481 e. The molecule has 0 radical (unpaired) electrons. The van der Waals surface area contributed by atoms with Crippen LogP contribution in [0, 0.1) is 12.7 Å². The topological polar surface area (TPSA) is 100 Å². The van der Waals surface area contributed by atoms with E-state index in [1.54, 1.807) is 16.8 Å². The maximum Gasteiger partial charge on any atom is 0.229 e. The highest BCUT2D eigenvalue weighted by atomic mass is 19.1. The van der Waals surface area contributed by atoms with E-state index in [4.69, 9.17) is 14.0 Å². The van der Waals surface area contributed by atoms with Gasteiger partial charge in [0, 0.05) is 41.9 Å². The van der Waals surface area contributed by atoms with Gasteiger partial charge in [-0.25, -0.2) is 14.4 Å². The van der Waals surface area contributed by atoms with Gasteiger partial charge in [0.05, 0.1) is 18.4 Å². The number of rotatable bonds is 6. The van der Waals surface area contributed by atoms with Crippen molar-refractivity contribution >= 4 is 5.65 Å². The summed E-state index contributed by atoms with van der Waals surface area (Å²) in [4.78, 5) is 13.2. The first-order valence-electron chi connectivity index (χ1n) is 11.5. The monoisotopic (exact) mass is 466 g/mol. The highest BCUT2D eigenvalue weighted by Crippen LogP contribution is 2.35. The van der Waals surface area contributed by atoms with Gasteiger partial charge < -0.3 is 14.0 Å². The predicted molar refractivity (Wildman–Crippen MR) is 121 cm³/mol. The van der Waals surface area contributed by atoms with Crippen LogP contribution in [-0.4, -0.2) is 42.9 Å². The molecular weight excluding hydrogens is 439 g/mol. The molecule has 5 rings (SSSR count). The van der Waals surface area contributed by atoms with Crippen LogP contribution in [0.3, 0.4) is 0 Å². The van der Waals surface area contributed by atoms with Gasteiger partial charge in [-0.05, 0) is 32.6 Å². The maximum absolute atomic E-state index is 14.8. The van der Waals surface area contributed by atoms with Gasteiger partial charge in [-0.15, -0.1) is 0 Å². The average molecular weight is 467 g/mol. The van der Waals surface area contributed by atoms with Gasteiger partial charge in [-0.3, -0.25) is 0 Å². The van der Waals surface area contributed by atoms with Crippen molar-refractivity contribution in [3.63, 3.8) is 0 Å². The lowest BCUT2D eigenvalue weighted by Gasteiger charge is -2.27. The summed E-state index contributed by atoms with van der Waals surface area (Å²) in [5.74, 6) is 2.31. The number of nitrogens with zero attached hydrogens (tertiary/aromatic N) is 6. The molecular formula is C24H27FN6O3. The van der Waals surface area contributed by atoms with Crippen LogP contribution >= 0.6 is 0 Å². The Kier molecular flexibility index (Phi) is 5.89. The first kappa shape index (κ1) is 22.2. The summed E-state index contributed by atoms with van der Waals surface area (Å²) in [6.07, 6.45) is 6.66. The third-order valence-electron chi connectivity index (χ3n) is 6.25. The number of aryl methyl sites for hydroxylation is 1. The van der Waals surface area contributed by atoms with Crippen LogP contribution in [-0.2, 0) is 0 Å². The molecule has 0 spiro atoms. The molecule has 0 saturated heterocycles. The molecule has 0 unspecified atom stereocenters. The fourth-order valence-corrected chi connectivity index (χ4v) is 4.39. The van der Waals surface area contributed by atoms with Crippen LogP contribution in [0.1, 0.15) is 68.8 Å². The molecule has 0 amide bonds. The van der Waals surface area contributed by atoms with Gasteiger partial charge >= 0.3 is 0 Å². The molecule has 10 heteroatoms. The third-order valence-corrected chi connectivity index (χ3v) is 6.25. The predicted octanol–water partition coefficient (Wildman–Crippen LogP) is 4.86. The quantitative estimate of drug-likeness (QED) is 0.397. The molecule has 4 heterocycles. The van der Waals surface area contributed by atoms with E-state index in [2.05, 4.69) is 39.1 Å². The van der Waals surface area contributed by atoms with Gasteiger partial charge in [0.1, 0.15) is 11.9 Å². The molecule has 0 aliphatic heterocycles. The van der Waals surface area contributed by atoms with E-state index in [9.17, 15) is 4.39 Å². The number of methoxy groups -OCH3 is 1. The molecule has 0 atom stereocenters. The van der Waals surface area contributed by atoms with Gasteiger partial charge in [-0.2, -0.15) is 14.6 Å².